The standard InChI is InChI=1S/C35H35N5O3/c1-24-12-10-18-29(20-24)39-40-32(35(3,36)34(41)37-28-16-8-5-9-17-28)22-26-13-11-19-30(21-26)42-23-31-25(2)43-33(38-31)27-14-6-4-7-15-27/h4-21,39H,22-23,36H2,1-3H3,(H,37,41). The molecule has 0 aliphatic carbocycles. The van der Waals surface area contributed by atoms with Gasteiger partial charge in [-0.2, -0.15) is 5.10 Å². The molecule has 8 nitrogen and oxygen atoms in total. The minimum Gasteiger partial charge on any atom is -0.487 e. The second-order valence-corrected chi connectivity index (χ2v) is 10.6. The SMILES string of the molecule is Cc1cccc(NN=C(Cc2cccc(OCc3nc(-c4ccccc4)oc3C)c2)C(C)(N)C(=O)Nc2ccccc2)c1. The van der Waals surface area contributed by atoms with E-state index in [4.69, 9.17) is 14.9 Å². The van der Waals surface area contributed by atoms with Crippen molar-refractivity contribution in [3.05, 3.63) is 132 Å². The Morgan fingerprint density at radius 1 is 0.907 bits per heavy atom. The number of hydrogen-bond acceptors (Lipinski definition) is 7. The number of oxazole rings is 1. The molecule has 0 saturated carbocycles. The molecule has 4 aromatic carbocycles. The summed E-state index contributed by atoms with van der Waals surface area (Å²) in [6.45, 7) is 5.79. The van der Waals surface area contributed by atoms with Gasteiger partial charge in [0.15, 0.2) is 0 Å². The van der Waals surface area contributed by atoms with Gasteiger partial charge in [-0.15, -0.1) is 0 Å². The Kier molecular flexibility index (Phi) is 8.98. The van der Waals surface area contributed by atoms with Crippen molar-refractivity contribution in [2.45, 2.75) is 39.3 Å². The first-order chi connectivity index (χ1) is 20.8. The normalized spacial score (nSPS) is 12.8. The summed E-state index contributed by atoms with van der Waals surface area (Å²) in [4.78, 5) is 18.0. The second-order valence-electron chi connectivity index (χ2n) is 10.6. The molecule has 0 bridgehead atoms. The van der Waals surface area contributed by atoms with E-state index >= 15 is 0 Å². The van der Waals surface area contributed by atoms with Crippen molar-refractivity contribution in [1.82, 2.24) is 4.98 Å². The van der Waals surface area contributed by atoms with Crippen molar-refractivity contribution >= 4 is 23.0 Å². The molecule has 0 aliphatic heterocycles. The maximum absolute atomic E-state index is 13.4. The molecule has 0 fully saturated rings. The summed E-state index contributed by atoms with van der Waals surface area (Å²) in [5.74, 6) is 1.55. The van der Waals surface area contributed by atoms with E-state index < -0.39 is 5.54 Å². The number of anilines is 2. The Balaban J connectivity index is 1.34. The number of nitrogens with one attached hydrogen (secondary N) is 2. The largest absolute Gasteiger partial charge is 0.487 e. The molecule has 1 aromatic heterocycles. The number of para-hydroxylation sites is 1. The van der Waals surface area contributed by atoms with Gasteiger partial charge in [-0.05, 0) is 80.4 Å². The van der Waals surface area contributed by atoms with Crippen molar-refractivity contribution in [2.24, 2.45) is 10.8 Å². The van der Waals surface area contributed by atoms with Crippen LogP contribution in [0.5, 0.6) is 5.75 Å². The Bertz CT molecular complexity index is 1710. The van der Waals surface area contributed by atoms with E-state index in [-0.39, 0.29) is 12.5 Å². The summed E-state index contributed by atoms with van der Waals surface area (Å²) in [5, 5.41) is 7.56. The first kappa shape index (κ1) is 29.3. The number of nitrogens with zero attached hydrogens (tertiary/aromatic N) is 2. The van der Waals surface area contributed by atoms with Crippen molar-refractivity contribution < 1.29 is 13.9 Å². The average molecular weight is 574 g/mol. The Morgan fingerprint density at radius 2 is 1.60 bits per heavy atom. The summed E-state index contributed by atoms with van der Waals surface area (Å²) < 4.78 is 12.0. The third kappa shape index (κ3) is 7.55. The number of amides is 1. The van der Waals surface area contributed by atoms with Crippen LogP contribution in [-0.4, -0.2) is 22.1 Å². The lowest BCUT2D eigenvalue weighted by molar-refractivity contribution is -0.118. The zero-order valence-corrected chi connectivity index (χ0v) is 24.5. The minimum absolute atomic E-state index is 0.246. The molecule has 8 heteroatoms. The third-order valence-electron chi connectivity index (χ3n) is 7.00. The first-order valence-electron chi connectivity index (χ1n) is 14.1. The van der Waals surface area contributed by atoms with Gasteiger partial charge in [0.2, 0.25) is 11.8 Å². The number of rotatable bonds is 11. The van der Waals surface area contributed by atoms with E-state index in [1.54, 1.807) is 6.92 Å². The molecule has 0 aliphatic rings. The molecule has 1 heterocycles. The van der Waals surface area contributed by atoms with Crippen molar-refractivity contribution in [3.63, 3.8) is 0 Å². The number of ether oxygens (including phenoxy) is 1. The number of carbonyl (C=O) groups is 1. The fourth-order valence-electron chi connectivity index (χ4n) is 4.46. The number of carbonyl (C=O) groups excluding carboxylic acids is 1. The van der Waals surface area contributed by atoms with Crippen molar-refractivity contribution in [3.8, 4) is 17.2 Å². The van der Waals surface area contributed by atoms with Crippen LogP contribution in [0.1, 0.15) is 29.5 Å². The van der Waals surface area contributed by atoms with Crippen LogP contribution >= 0.6 is 0 Å². The zero-order valence-electron chi connectivity index (χ0n) is 24.5. The molecule has 1 amide bonds. The van der Waals surface area contributed by atoms with Gasteiger partial charge in [0.05, 0.1) is 11.4 Å². The minimum atomic E-state index is -1.42. The highest BCUT2D eigenvalue weighted by Crippen LogP contribution is 2.24. The molecule has 4 N–H and O–H groups in total. The number of aromatic nitrogens is 1. The molecule has 5 rings (SSSR count). The highest BCUT2D eigenvalue weighted by atomic mass is 16.5. The van der Waals surface area contributed by atoms with Gasteiger partial charge in [0.25, 0.3) is 0 Å². The molecular formula is C35H35N5O3. The van der Waals surface area contributed by atoms with Crippen molar-refractivity contribution in [2.75, 3.05) is 10.7 Å². The van der Waals surface area contributed by atoms with Crippen LogP contribution < -0.4 is 21.2 Å². The molecular weight excluding hydrogens is 538 g/mol. The quantitative estimate of drug-likeness (QED) is 0.117. The fourth-order valence-corrected chi connectivity index (χ4v) is 4.46. The van der Waals surface area contributed by atoms with E-state index in [1.807, 2.05) is 123 Å². The highest BCUT2D eigenvalue weighted by molar-refractivity contribution is 6.17. The van der Waals surface area contributed by atoms with Gasteiger partial charge >= 0.3 is 0 Å². The molecule has 1 atom stereocenters. The summed E-state index contributed by atoms with van der Waals surface area (Å²) in [6, 6.07) is 34.5. The molecule has 218 valence electrons. The highest BCUT2D eigenvalue weighted by Gasteiger charge is 2.35. The number of aryl methyl sites for hydroxylation is 2. The zero-order chi connectivity index (χ0) is 30.2. The van der Waals surface area contributed by atoms with E-state index in [0.717, 1.165) is 28.1 Å². The summed E-state index contributed by atoms with van der Waals surface area (Å²) in [7, 11) is 0. The summed E-state index contributed by atoms with van der Waals surface area (Å²) >= 11 is 0. The Morgan fingerprint density at radius 3 is 2.35 bits per heavy atom. The number of hydrogen-bond donors (Lipinski definition) is 3. The van der Waals surface area contributed by atoms with Gasteiger partial charge in [-0.3, -0.25) is 10.2 Å². The van der Waals surface area contributed by atoms with E-state index in [2.05, 4.69) is 20.8 Å². The average Bonchev–Trinajstić information content (AvgIpc) is 3.39. The lowest BCUT2D eigenvalue weighted by Crippen LogP contribution is -2.56. The molecule has 0 saturated heterocycles. The fraction of sp³-hybridized carbons (Fsp3) is 0.171. The van der Waals surface area contributed by atoms with E-state index in [1.165, 1.54) is 0 Å². The van der Waals surface area contributed by atoms with Gasteiger partial charge in [0, 0.05) is 17.7 Å². The van der Waals surface area contributed by atoms with Gasteiger partial charge in [-0.25, -0.2) is 4.98 Å². The van der Waals surface area contributed by atoms with Crippen LogP contribution in [0.4, 0.5) is 11.4 Å². The first-order valence-corrected chi connectivity index (χ1v) is 14.1. The topological polar surface area (TPSA) is 115 Å². The van der Waals surface area contributed by atoms with Crippen LogP contribution in [-0.2, 0) is 17.8 Å². The number of hydrazone groups is 1. The monoisotopic (exact) mass is 573 g/mol. The Labute approximate surface area is 251 Å². The number of benzene rings is 4. The lowest BCUT2D eigenvalue weighted by Gasteiger charge is -2.26. The number of nitrogens with two attached hydrogens (primary N) is 1. The molecule has 1 unspecified atom stereocenters. The predicted octanol–water partition coefficient (Wildman–Crippen LogP) is 6.90. The van der Waals surface area contributed by atoms with E-state index in [0.29, 0.717) is 35.2 Å². The lowest BCUT2D eigenvalue weighted by atomic mass is 9.90. The van der Waals surface area contributed by atoms with Crippen LogP contribution in [0, 0.1) is 13.8 Å². The van der Waals surface area contributed by atoms with Crippen LogP contribution in [0.15, 0.2) is 119 Å². The van der Waals surface area contributed by atoms with Gasteiger partial charge < -0.3 is 20.2 Å². The molecule has 43 heavy (non-hydrogen) atoms. The third-order valence-corrected chi connectivity index (χ3v) is 7.00. The molecule has 0 spiro atoms. The second kappa shape index (κ2) is 13.2. The Hall–Kier alpha value is -5.21. The summed E-state index contributed by atoms with van der Waals surface area (Å²) in [6.07, 6.45) is 0.312. The van der Waals surface area contributed by atoms with Crippen LogP contribution in [0.25, 0.3) is 11.5 Å². The smallest absolute Gasteiger partial charge is 0.250 e. The van der Waals surface area contributed by atoms with Gasteiger partial charge in [0.1, 0.15) is 29.3 Å². The van der Waals surface area contributed by atoms with Gasteiger partial charge in [-0.1, -0.05) is 60.7 Å². The van der Waals surface area contributed by atoms with E-state index in [9.17, 15) is 4.79 Å². The maximum Gasteiger partial charge on any atom is 0.250 e. The maximum atomic E-state index is 13.4. The van der Waals surface area contributed by atoms with Crippen molar-refractivity contribution in [1.29, 1.82) is 0 Å². The summed E-state index contributed by atoms with van der Waals surface area (Å²) in [5.41, 5.74) is 13.9. The van der Waals surface area contributed by atoms with Crippen LogP contribution in [0.3, 0.4) is 0 Å². The molecule has 0 radical (unpaired) electrons. The van der Waals surface area contributed by atoms with Crippen LogP contribution in [0.2, 0.25) is 0 Å². The predicted molar refractivity (Wildman–Crippen MR) is 171 cm³/mol. The molecule has 5 aromatic rings.